The Kier molecular flexibility index (Phi) is 4.32. The number of nitrogens with one attached hydrogen (secondary N) is 1. The van der Waals surface area contributed by atoms with Gasteiger partial charge in [-0.05, 0) is 32.5 Å². The molecule has 0 saturated carbocycles. The molecule has 0 aliphatic heterocycles. The molecular formula is C10H17N3O. The lowest BCUT2D eigenvalue weighted by atomic mass is 10.4. The maximum atomic E-state index is 11.3. The van der Waals surface area contributed by atoms with Crippen LogP contribution in [0.4, 0.5) is 0 Å². The van der Waals surface area contributed by atoms with E-state index in [0.29, 0.717) is 6.54 Å². The third-order valence-electron chi connectivity index (χ3n) is 1.97. The van der Waals surface area contributed by atoms with E-state index in [0.717, 1.165) is 25.2 Å². The van der Waals surface area contributed by atoms with E-state index in [1.165, 1.54) is 4.68 Å². The smallest absolute Gasteiger partial charge is 0.266 e. The zero-order valence-electron chi connectivity index (χ0n) is 8.79. The van der Waals surface area contributed by atoms with E-state index in [9.17, 15) is 4.79 Å². The molecule has 0 amide bonds. The van der Waals surface area contributed by atoms with Gasteiger partial charge in [-0.2, -0.15) is 5.10 Å². The van der Waals surface area contributed by atoms with Gasteiger partial charge in [0.2, 0.25) is 0 Å². The normalized spacial score (nSPS) is 10.4. The topological polar surface area (TPSA) is 46.9 Å². The lowest BCUT2D eigenvalue weighted by Crippen LogP contribution is -2.25. The second-order valence-corrected chi connectivity index (χ2v) is 3.24. The number of nitrogens with zero attached hydrogens (tertiary/aromatic N) is 2. The van der Waals surface area contributed by atoms with Crippen LogP contribution >= 0.6 is 0 Å². The zero-order valence-corrected chi connectivity index (χ0v) is 8.79. The number of rotatable bonds is 5. The third kappa shape index (κ3) is 3.30. The Balaban J connectivity index is 2.49. The lowest BCUT2D eigenvalue weighted by molar-refractivity contribution is 0.523. The largest absolute Gasteiger partial charge is 0.317 e. The Labute approximate surface area is 84.0 Å². The second kappa shape index (κ2) is 5.54. The first-order chi connectivity index (χ1) is 6.74. The summed E-state index contributed by atoms with van der Waals surface area (Å²) in [6.45, 7) is 6.54. The summed E-state index contributed by atoms with van der Waals surface area (Å²) in [5, 5.41) is 7.36. The molecule has 0 aliphatic carbocycles. The first-order valence-corrected chi connectivity index (χ1v) is 4.99. The van der Waals surface area contributed by atoms with Gasteiger partial charge in [-0.25, -0.2) is 4.68 Å². The molecule has 1 N–H and O–H groups in total. The third-order valence-corrected chi connectivity index (χ3v) is 1.97. The summed E-state index contributed by atoms with van der Waals surface area (Å²) in [7, 11) is 0. The van der Waals surface area contributed by atoms with Crippen molar-refractivity contribution in [3.63, 3.8) is 0 Å². The summed E-state index contributed by atoms with van der Waals surface area (Å²) in [6.07, 6.45) is 0.935. The van der Waals surface area contributed by atoms with Crippen molar-refractivity contribution in [1.29, 1.82) is 0 Å². The van der Waals surface area contributed by atoms with E-state index in [1.54, 1.807) is 12.1 Å². The maximum Gasteiger partial charge on any atom is 0.266 e. The quantitative estimate of drug-likeness (QED) is 0.698. The predicted molar refractivity (Wildman–Crippen MR) is 56.4 cm³/mol. The summed E-state index contributed by atoms with van der Waals surface area (Å²) >= 11 is 0. The van der Waals surface area contributed by atoms with Crippen molar-refractivity contribution in [3.8, 4) is 0 Å². The Morgan fingerprint density at radius 3 is 3.00 bits per heavy atom. The summed E-state index contributed by atoms with van der Waals surface area (Å²) in [6, 6.07) is 3.30. The van der Waals surface area contributed by atoms with E-state index < -0.39 is 0 Å². The fraction of sp³-hybridized carbons (Fsp3) is 0.600. The molecule has 0 bridgehead atoms. The molecule has 4 nitrogen and oxygen atoms in total. The van der Waals surface area contributed by atoms with Gasteiger partial charge in [-0.1, -0.05) is 6.92 Å². The van der Waals surface area contributed by atoms with Crippen LogP contribution in [0, 0.1) is 6.92 Å². The highest BCUT2D eigenvalue weighted by Crippen LogP contribution is 1.87. The van der Waals surface area contributed by atoms with Gasteiger partial charge in [0.1, 0.15) is 0 Å². The Morgan fingerprint density at radius 1 is 1.50 bits per heavy atom. The molecule has 0 spiro atoms. The number of hydrogen-bond acceptors (Lipinski definition) is 3. The van der Waals surface area contributed by atoms with Gasteiger partial charge in [0.05, 0.1) is 5.69 Å². The monoisotopic (exact) mass is 195 g/mol. The van der Waals surface area contributed by atoms with Crippen LogP contribution < -0.4 is 10.9 Å². The maximum absolute atomic E-state index is 11.3. The molecule has 0 aliphatic rings. The highest BCUT2D eigenvalue weighted by molar-refractivity contribution is 4.96. The van der Waals surface area contributed by atoms with Gasteiger partial charge in [-0.15, -0.1) is 0 Å². The van der Waals surface area contributed by atoms with E-state index in [-0.39, 0.29) is 5.56 Å². The molecule has 0 aromatic carbocycles. The van der Waals surface area contributed by atoms with Crippen LogP contribution in [0.1, 0.15) is 19.0 Å². The van der Waals surface area contributed by atoms with Crippen molar-refractivity contribution < 1.29 is 0 Å². The van der Waals surface area contributed by atoms with Crippen LogP contribution in [-0.4, -0.2) is 22.9 Å². The molecule has 14 heavy (non-hydrogen) atoms. The van der Waals surface area contributed by atoms with Crippen molar-refractivity contribution in [1.82, 2.24) is 15.1 Å². The highest BCUT2D eigenvalue weighted by atomic mass is 16.1. The second-order valence-electron chi connectivity index (χ2n) is 3.24. The standard InChI is InChI=1S/C10H17N3O/c1-3-11-7-4-8-13-10(14)6-5-9(2)12-13/h5-6,11H,3-4,7-8H2,1-2H3. The van der Waals surface area contributed by atoms with E-state index >= 15 is 0 Å². The summed E-state index contributed by atoms with van der Waals surface area (Å²) in [5.41, 5.74) is 0.861. The minimum Gasteiger partial charge on any atom is -0.317 e. The van der Waals surface area contributed by atoms with Crippen molar-refractivity contribution in [2.24, 2.45) is 0 Å². The van der Waals surface area contributed by atoms with Gasteiger partial charge < -0.3 is 5.32 Å². The fourth-order valence-electron chi connectivity index (χ4n) is 1.24. The van der Waals surface area contributed by atoms with Crippen molar-refractivity contribution >= 4 is 0 Å². The molecule has 1 heterocycles. The Hall–Kier alpha value is -1.16. The van der Waals surface area contributed by atoms with Gasteiger partial charge in [0.25, 0.3) is 5.56 Å². The molecular weight excluding hydrogens is 178 g/mol. The van der Waals surface area contributed by atoms with Crippen LogP contribution in [0.25, 0.3) is 0 Å². The summed E-state index contributed by atoms with van der Waals surface area (Å²) < 4.78 is 1.52. The molecule has 78 valence electrons. The van der Waals surface area contributed by atoms with E-state index in [2.05, 4.69) is 17.3 Å². The molecule has 1 aromatic rings. The SMILES string of the molecule is CCNCCCn1nc(C)ccc1=O. The zero-order chi connectivity index (χ0) is 10.4. The first-order valence-electron chi connectivity index (χ1n) is 4.99. The van der Waals surface area contributed by atoms with Crippen LogP contribution in [0.15, 0.2) is 16.9 Å². The Bertz CT molecular complexity index is 332. The average Bonchev–Trinajstić information content (AvgIpc) is 2.18. The molecule has 0 saturated heterocycles. The minimum absolute atomic E-state index is 0.0212. The first kappa shape index (κ1) is 10.9. The van der Waals surface area contributed by atoms with Crippen LogP contribution in [0.5, 0.6) is 0 Å². The van der Waals surface area contributed by atoms with Gasteiger partial charge >= 0.3 is 0 Å². The molecule has 1 aromatic heterocycles. The molecule has 1 rings (SSSR count). The summed E-state index contributed by atoms with van der Waals surface area (Å²) in [4.78, 5) is 11.3. The van der Waals surface area contributed by atoms with Gasteiger partial charge in [0.15, 0.2) is 0 Å². The van der Waals surface area contributed by atoms with Crippen LogP contribution in [-0.2, 0) is 6.54 Å². The minimum atomic E-state index is -0.0212. The number of aryl methyl sites for hydroxylation is 2. The molecule has 0 fully saturated rings. The van der Waals surface area contributed by atoms with E-state index in [1.807, 2.05) is 6.92 Å². The predicted octanol–water partition coefficient (Wildman–Crippen LogP) is 0.551. The molecule has 0 unspecified atom stereocenters. The molecule has 0 radical (unpaired) electrons. The Morgan fingerprint density at radius 2 is 2.29 bits per heavy atom. The van der Waals surface area contributed by atoms with Crippen LogP contribution in [0.2, 0.25) is 0 Å². The average molecular weight is 195 g/mol. The number of aromatic nitrogens is 2. The van der Waals surface area contributed by atoms with Gasteiger partial charge in [0, 0.05) is 12.6 Å². The number of hydrogen-bond donors (Lipinski definition) is 1. The van der Waals surface area contributed by atoms with Crippen LogP contribution in [0.3, 0.4) is 0 Å². The van der Waals surface area contributed by atoms with Gasteiger partial charge in [-0.3, -0.25) is 4.79 Å². The van der Waals surface area contributed by atoms with Crippen molar-refractivity contribution in [2.45, 2.75) is 26.8 Å². The summed E-state index contributed by atoms with van der Waals surface area (Å²) in [5.74, 6) is 0. The van der Waals surface area contributed by atoms with Crippen molar-refractivity contribution in [2.75, 3.05) is 13.1 Å². The van der Waals surface area contributed by atoms with E-state index in [4.69, 9.17) is 0 Å². The fourth-order valence-corrected chi connectivity index (χ4v) is 1.24. The molecule has 0 atom stereocenters. The van der Waals surface area contributed by atoms with Crippen molar-refractivity contribution in [3.05, 3.63) is 28.2 Å². The lowest BCUT2D eigenvalue weighted by Gasteiger charge is -2.04. The molecule has 4 heteroatoms. The highest BCUT2D eigenvalue weighted by Gasteiger charge is 1.96.